The number of nitrogens with one attached hydrogen (secondary N) is 1. The van der Waals surface area contributed by atoms with E-state index >= 15 is 0 Å². The fourth-order valence-electron chi connectivity index (χ4n) is 2.31. The Morgan fingerprint density at radius 1 is 1.00 bits per heavy atom. The van der Waals surface area contributed by atoms with Crippen molar-refractivity contribution in [3.8, 4) is 0 Å². The van der Waals surface area contributed by atoms with Crippen LogP contribution in [0.3, 0.4) is 0 Å². The third kappa shape index (κ3) is 2.27. The van der Waals surface area contributed by atoms with Gasteiger partial charge >= 0.3 is 5.97 Å². The number of hydrogen-bond acceptors (Lipinski definition) is 2. The summed E-state index contributed by atoms with van der Waals surface area (Å²) >= 11 is 0. The molecule has 1 heterocycles. The number of rotatable bonds is 1. The Balaban J connectivity index is 2.10. The normalized spacial score (nSPS) is 11.9. The standard InChI is InChI=1S/C17H17NO2/c1-17(2,3)20-16(19)11-8-9-15-13(10-11)12-6-4-5-7-14(12)18-15/h4-10,18H,1-3H3. The van der Waals surface area contributed by atoms with Gasteiger partial charge in [0.05, 0.1) is 5.56 Å². The molecule has 0 bridgehead atoms. The first kappa shape index (κ1) is 12.7. The lowest BCUT2D eigenvalue weighted by molar-refractivity contribution is 0.00697. The number of carbonyl (C=O) groups is 1. The summed E-state index contributed by atoms with van der Waals surface area (Å²) < 4.78 is 5.41. The average Bonchev–Trinajstić information content (AvgIpc) is 2.74. The van der Waals surface area contributed by atoms with E-state index in [2.05, 4.69) is 4.98 Å². The fourth-order valence-corrected chi connectivity index (χ4v) is 2.31. The maximum atomic E-state index is 12.1. The van der Waals surface area contributed by atoms with Crippen LogP contribution in [0.25, 0.3) is 21.8 Å². The van der Waals surface area contributed by atoms with Crippen LogP contribution in [0, 0.1) is 0 Å². The molecule has 0 saturated carbocycles. The Labute approximate surface area is 117 Å². The summed E-state index contributed by atoms with van der Waals surface area (Å²) in [6, 6.07) is 13.7. The van der Waals surface area contributed by atoms with Crippen LogP contribution >= 0.6 is 0 Å². The van der Waals surface area contributed by atoms with Crippen LogP contribution in [-0.4, -0.2) is 16.6 Å². The maximum absolute atomic E-state index is 12.1. The van der Waals surface area contributed by atoms with Crippen LogP contribution in [0.5, 0.6) is 0 Å². The van der Waals surface area contributed by atoms with E-state index in [-0.39, 0.29) is 5.97 Å². The first-order chi connectivity index (χ1) is 9.44. The number of H-pyrrole nitrogens is 1. The zero-order valence-electron chi connectivity index (χ0n) is 11.9. The Kier molecular flexibility index (Phi) is 2.78. The fraction of sp³-hybridized carbons (Fsp3) is 0.235. The molecule has 0 amide bonds. The zero-order chi connectivity index (χ0) is 14.3. The van der Waals surface area contributed by atoms with Crippen LogP contribution in [0.2, 0.25) is 0 Å². The summed E-state index contributed by atoms with van der Waals surface area (Å²) in [4.78, 5) is 15.5. The van der Waals surface area contributed by atoms with E-state index in [4.69, 9.17) is 4.74 Å². The molecule has 0 saturated heterocycles. The second-order valence-electron chi connectivity index (χ2n) is 5.93. The molecule has 20 heavy (non-hydrogen) atoms. The van der Waals surface area contributed by atoms with Crippen molar-refractivity contribution in [3.63, 3.8) is 0 Å². The van der Waals surface area contributed by atoms with Crippen LogP contribution in [0.4, 0.5) is 0 Å². The number of hydrogen-bond donors (Lipinski definition) is 1. The topological polar surface area (TPSA) is 42.1 Å². The minimum absolute atomic E-state index is 0.287. The molecule has 3 aromatic rings. The third-order valence-corrected chi connectivity index (χ3v) is 3.14. The molecule has 3 nitrogen and oxygen atoms in total. The molecule has 0 fully saturated rings. The van der Waals surface area contributed by atoms with Gasteiger partial charge in [-0.25, -0.2) is 4.79 Å². The average molecular weight is 267 g/mol. The second kappa shape index (κ2) is 4.37. The molecule has 3 rings (SSSR count). The van der Waals surface area contributed by atoms with Gasteiger partial charge in [-0.2, -0.15) is 0 Å². The molecule has 102 valence electrons. The van der Waals surface area contributed by atoms with Crippen LogP contribution in [0.15, 0.2) is 42.5 Å². The van der Waals surface area contributed by atoms with Gasteiger partial charge in [-0.3, -0.25) is 0 Å². The third-order valence-electron chi connectivity index (χ3n) is 3.14. The summed E-state index contributed by atoms with van der Waals surface area (Å²) in [6.07, 6.45) is 0. The van der Waals surface area contributed by atoms with Gasteiger partial charge in [-0.05, 0) is 45.0 Å². The summed E-state index contributed by atoms with van der Waals surface area (Å²) in [5, 5.41) is 2.16. The Morgan fingerprint density at radius 2 is 1.70 bits per heavy atom. The largest absolute Gasteiger partial charge is 0.456 e. The molecule has 0 aliphatic heterocycles. The molecule has 3 heteroatoms. The number of carbonyl (C=O) groups excluding carboxylic acids is 1. The van der Waals surface area contributed by atoms with Gasteiger partial charge in [0.2, 0.25) is 0 Å². The van der Waals surface area contributed by atoms with E-state index in [9.17, 15) is 4.79 Å². The molecule has 0 unspecified atom stereocenters. The van der Waals surface area contributed by atoms with Crippen LogP contribution in [0.1, 0.15) is 31.1 Å². The lowest BCUT2D eigenvalue weighted by Crippen LogP contribution is -2.23. The van der Waals surface area contributed by atoms with Crippen molar-refractivity contribution in [1.82, 2.24) is 4.98 Å². The molecule has 1 N–H and O–H groups in total. The van der Waals surface area contributed by atoms with Gasteiger partial charge in [-0.15, -0.1) is 0 Å². The van der Waals surface area contributed by atoms with Crippen molar-refractivity contribution in [2.45, 2.75) is 26.4 Å². The predicted molar refractivity (Wildman–Crippen MR) is 81.0 cm³/mol. The van der Waals surface area contributed by atoms with Crippen molar-refractivity contribution in [1.29, 1.82) is 0 Å². The zero-order valence-corrected chi connectivity index (χ0v) is 11.9. The quantitative estimate of drug-likeness (QED) is 0.669. The predicted octanol–water partition coefficient (Wildman–Crippen LogP) is 4.28. The van der Waals surface area contributed by atoms with E-state index < -0.39 is 5.60 Å². The molecule has 0 radical (unpaired) electrons. The smallest absolute Gasteiger partial charge is 0.338 e. The number of aromatic amines is 1. The SMILES string of the molecule is CC(C)(C)OC(=O)c1ccc2[nH]c3ccccc3c2c1. The van der Waals surface area contributed by atoms with Crippen LogP contribution < -0.4 is 0 Å². The second-order valence-corrected chi connectivity index (χ2v) is 5.93. The van der Waals surface area contributed by atoms with E-state index in [1.807, 2.05) is 57.2 Å². The Morgan fingerprint density at radius 3 is 2.45 bits per heavy atom. The van der Waals surface area contributed by atoms with E-state index in [1.165, 1.54) is 0 Å². The van der Waals surface area contributed by atoms with Gasteiger partial charge in [0.15, 0.2) is 0 Å². The van der Waals surface area contributed by atoms with E-state index in [0.29, 0.717) is 5.56 Å². The van der Waals surface area contributed by atoms with Crippen molar-refractivity contribution in [2.75, 3.05) is 0 Å². The van der Waals surface area contributed by atoms with E-state index in [0.717, 1.165) is 21.8 Å². The van der Waals surface area contributed by atoms with Gasteiger partial charge < -0.3 is 9.72 Å². The highest BCUT2D eigenvalue weighted by Gasteiger charge is 2.18. The Bertz CT molecular complexity index is 793. The number of fused-ring (bicyclic) bond motifs is 3. The first-order valence-electron chi connectivity index (χ1n) is 6.68. The molecular formula is C17H17NO2. The summed E-state index contributed by atoms with van der Waals surface area (Å²) in [5.74, 6) is -0.287. The number of aromatic nitrogens is 1. The highest BCUT2D eigenvalue weighted by atomic mass is 16.6. The van der Waals surface area contributed by atoms with Gasteiger partial charge in [0.25, 0.3) is 0 Å². The van der Waals surface area contributed by atoms with Gasteiger partial charge in [0.1, 0.15) is 5.60 Å². The molecule has 0 spiro atoms. The van der Waals surface area contributed by atoms with E-state index in [1.54, 1.807) is 6.07 Å². The molecule has 0 atom stereocenters. The summed E-state index contributed by atoms with van der Waals surface area (Å²) in [6.45, 7) is 5.61. The minimum atomic E-state index is -0.480. The number of para-hydroxylation sites is 1. The molecular weight excluding hydrogens is 250 g/mol. The summed E-state index contributed by atoms with van der Waals surface area (Å²) in [7, 11) is 0. The molecule has 2 aromatic carbocycles. The van der Waals surface area contributed by atoms with Crippen LogP contribution in [-0.2, 0) is 4.74 Å². The number of benzene rings is 2. The summed E-state index contributed by atoms with van der Waals surface area (Å²) in [5.41, 5.74) is 2.20. The molecule has 0 aliphatic rings. The molecule has 0 aliphatic carbocycles. The molecule has 1 aromatic heterocycles. The highest BCUT2D eigenvalue weighted by Crippen LogP contribution is 2.26. The van der Waals surface area contributed by atoms with Gasteiger partial charge in [0, 0.05) is 21.8 Å². The maximum Gasteiger partial charge on any atom is 0.338 e. The first-order valence-corrected chi connectivity index (χ1v) is 6.68. The lowest BCUT2D eigenvalue weighted by Gasteiger charge is -2.19. The van der Waals surface area contributed by atoms with Crippen molar-refractivity contribution in [3.05, 3.63) is 48.0 Å². The highest BCUT2D eigenvalue weighted by molar-refractivity contribution is 6.09. The lowest BCUT2D eigenvalue weighted by atomic mass is 10.1. The van der Waals surface area contributed by atoms with Crippen molar-refractivity contribution < 1.29 is 9.53 Å². The monoisotopic (exact) mass is 267 g/mol. The Hall–Kier alpha value is -2.29. The van der Waals surface area contributed by atoms with Crippen molar-refractivity contribution >= 4 is 27.8 Å². The number of esters is 1. The minimum Gasteiger partial charge on any atom is -0.456 e. The van der Waals surface area contributed by atoms with Gasteiger partial charge in [-0.1, -0.05) is 18.2 Å². The van der Waals surface area contributed by atoms with Crippen molar-refractivity contribution in [2.24, 2.45) is 0 Å². The number of ether oxygens (including phenoxy) is 1.